The van der Waals surface area contributed by atoms with Gasteiger partial charge in [-0.05, 0) is 32.1 Å². The largest absolute Gasteiger partial charge is 0.450 e. The quantitative estimate of drug-likeness (QED) is 0.247. The van der Waals surface area contributed by atoms with E-state index in [1.165, 1.54) is 12.8 Å². The second kappa shape index (κ2) is 11.9. The van der Waals surface area contributed by atoms with Gasteiger partial charge in [-0.1, -0.05) is 13.3 Å². The molecule has 0 bridgehead atoms. The summed E-state index contributed by atoms with van der Waals surface area (Å²) >= 11 is 0. The molecule has 1 atom stereocenters. The third-order valence-electron chi connectivity index (χ3n) is 3.31. The Bertz CT molecular complexity index is 322. The Morgan fingerprint density at radius 2 is 2.05 bits per heavy atom. The number of ether oxygens (including phenoxy) is 1. The molecule has 1 amide bonds. The second-order valence-electron chi connectivity index (χ2n) is 5.04. The van der Waals surface area contributed by atoms with E-state index in [0.29, 0.717) is 19.1 Å². The number of nitrogens with one attached hydrogen (secondary N) is 3. The van der Waals surface area contributed by atoms with Gasteiger partial charge in [-0.2, -0.15) is 0 Å². The fourth-order valence-electron chi connectivity index (χ4n) is 1.97. The summed E-state index contributed by atoms with van der Waals surface area (Å²) in [5.74, 6) is 1.34. The van der Waals surface area contributed by atoms with E-state index in [9.17, 15) is 4.79 Å². The minimum absolute atomic E-state index is 0. The van der Waals surface area contributed by atoms with Crippen LogP contribution in [0.25, 0.3) is 0 Å². The highest BCUT2D eigenvalue weighted by atomic mass is 127. The zero-order valence-electron chi connectivity index (χ0n) is 13.3. The highest BCUT2D eigenvalue weighted by Gasteiger charge is 2.32. The maximum atomic E-state index is 11.5. The summed E-state index contributed by atoms with van der Waals surface area (Å²) in [6, 6.07) is 0.110. The Hall–Kier alpha value is -0.730. The fraction of sp³-hybridized carbons (Fsp3) is 0.857. The van der Waals surface area contributed by atoms with Gasteiger partial charge in [0.15, 0.2) is 5.96 Å². The van der Waals surface area contributed by atoms with Gasteiger partial charge in [0.2, 0.25) is 0 Å². The number of halogens is 1. The van der Waals surface area contributed by atoms with E-state index in [4.69, 9.17) is 4.74 Å². The predicted octanol–water partition coefficient (Wildman–Crippen LogP) is 2.09. The third-order valence-corrected chi connectivity index (χ3v) is 3.31. The molecule has 0 aromatic heterocycles. The van der Waals surface area contributed by atoms with E-state index in [-0.39, 0.29) is 36.1 Å². The van der Waals surface area contributed by atoms with Gasteiger partial charge >= 0.3 is 6.09 Å². The monoisotopic (exact) mass is 412 g/mol. The molecule has 0 heterocycles. The van der Waals surface area contributed by atoms with Crippen LogP contribution < -0.4 is 16.0 Å². The molecule has 0 spiro atoms. The Morgan fingerprint density at radius 3 is 2.57 bits per heavy atom. The molecule has 3 N–H and O–H groups in total. The van der Waals surface area contributed by atoms with E-state index >= 15 is 0 Å². The highest BCUT2D eigenvalue weighted by molar-refractivity contribution is 14.0. The highest BCUT2D eigenvalue weighted by Crippen LogP contribution is 2.32. The van der Waals surface area contributed by atoms with Crippen molar-refractivity contribution in [3.8, 4) is 0 Å². The first kappa shape index (κ1) is 20.3. The zero-order valence-corrected chi connectivity index (χ0v) is 15.6. The van der Waals surface area contributed by atoms with Crippen LogP contribution in [0.15, 0.2) is 4.99 Å². The van der Waals surface area contributed by atoms with E-state index in [0.717, 1.165) is 25.3 Å². The molecule has 124 valence electrons. The number of unbranched alkanes of at least 4 members (excludes halogenated alkanes) is 1. The number of nitrogens with zero attached hydrogens (tertiary/aromatic N) is 1. The van der Waals surface area contributed by atoms with Gasteiger partial charge in [-0.25, -0.2) is 4.79 Å². The van der Waals surface area contributed by atoms with Crippen LogP contribution in [0.5, 0.6) is 0 Å². The lowest BCUT2D eigenvalue weighted by Gasteiger charge is -2.20. The molecule has 1 saturated carbocycles. The summed E-state index contributed by atoms with van der Waals surface area (Å²) < 4.78 is 4.94. The van der Waals surface area contributed by atoms with Gasteiger partial charge in [-0.15, -0.1) is 24.0 Å². The summed E-state index contributed by atoms with van der Waals surface area (Å²) in [7, 11) is 1.76. The van der Waals surface area contributed by atoms with Gasteiger partial charge in [0.25, 0.3) is 0 Å². The molecule has 1 aliphatic rings. The molecule has 7 heteroatoms. The summed E-state index contributed by atoms with van der Waals surface area (Å²) in [6.07, 6.45) is 4.27. The molecule has 1 aliphatic carbocycles. The number of alkyl carbamates (subject to hydrolysis) is 1. The number of carbonyl (C=O) groups is 1. The van der Waals surface area contributed by atoms with Crippen LogP contribution in [0.3, 0.4) is 0 Å². The van der Waals surface area contributed by atoms with Crippen molar-refractivity contribution >= 4 is 36.0 Å². The third kappa shape index (κ3) is 9.00. The minimum Gasteiger partial charge on any atom is -0.450 e. The molecule has 0 aliphatic heterocycles. The van der Waals surface area contributed by atoms with E-state index in [1.807, 2.05) is 6.92 Å². The zero-order chi connectivity index (χ0) is 14.8. The van der Waals surface area contributed by atoms with Crippen LogP contribution in [0.1, 0.15) is 39.5 Å². The van der Waals surface area contributed by atoms with Gasteiger partial charge in [0.1, 0.15) is 0 Å². The first-order valence-electron chi connectivity index (χ1n) is 7.59. The topological polar surface area (TPSA) is 74.8 Å². The summed E-state index contributed by atoms with van der Waals surface area (Å²) in [4.78, 5) is 15.7. The Balaban J connectivity index is 0.00000400. The lowest BCUT2D eigenvalue weighted by atomic mass is 10.2. The maximum absolute atomic E-state index is 11.5. The smallest absolute Gasteiger partial charge is 0.407 e. The predicted molar refractivity (Wildman–Crippen MR) is 96.4 cm³/mol. The van der Waals surface area contributed by atoms with Gasteiger partial charge in [0.05, 0.1) is 12.6 Å². The molecular weight excluding hydrogens is 383 g/mol. The Morgan fingerprint density at radius 1 is 1.33 bits per heavy atom. The van der Waals surface area contributed by atoms with Crippen LogP contribution in [0, 0.1) is 5.92 Å². The van der Waals surface area contributed by atoms with Gasteiger partial charge in [0, 0.05) is 20.1 Å². The minimum atomic E-state index is -0.333. The molecule has 1 rings (SSSR count). The van der Waals surface area contributed by atoms with Crippen molar-refractivity contribution < 1.29 is 9.53 Å². The molecule has 1 unspecified atom stereocenters. The molecule has 0 aromatic carbocycles. The van der Waals surface area contributed by atoms with Crippen molar-refractivity contribution in [1.29, 1.82) is 0 Å². The van der Waals surface area contributed by atoms with Crippen molar-refractivity contribution in [2.24, 2.45) is 10.9 Å². The maximum Gasteiger partial charge on any atom is 0.407 e. The molecule has 1 fully saturated rings. The van der Waals surface area contributed by atoms with Crippen LogP contribution >= 0.6 is 24.0 Å². The van der Waals surface area contributed by atoms with Crippen molar-refractivity contribution in [3.05, 3.63) is 0 Å². The van der Waals surface area contributed by atoms with Gasteiger partial charge in [-0.3, -0.25) is 4.99 Å². The van der Waals surface area contributed by atoms with E-state index < -0.39 is 0 Å². The normalized spacial score (nSPS) is 15.7. The number of amides is 1. The Kier molecular flexibility index (Phi) is 11.5. The van der Waals surface area contributed by atoms with Crippen molar-refractivity contribution in [2.45, 2.75) is 45.6 Å². The fourth-order valence-corrected chi connectivity index (χ4v) is 1.97. The molecule has 0 saturated heterocycles. The number of carbonyl (C=O) groups excluding carboxylic acids is 1. The van der Waals surface area contributed by atoms with Crippen LogP contribution in [-0.4, -0.2) is 44.8 Å². The van der Waals surface area contributed by atoms with Crippen LogP contribution in [0.4, 0.5) is 4.79 Å². The van der Waals surface area contributed by atoms with Crippen molar-refractivity contribution in [3.63, 3.8) is 0 Å². The first-order valence-corrected chi connectivity index (χ1v) is 7.59. The van der Waals surface area contributed by atoms with E-state index in [1.54, 1.807) is 7.05 Å². The van der Waals surface area contributed by atoms with Crippen molar-refractivity contribution in [1.82, 2.24) is 16.0 Å². The lowest BCUT2D eigenvalue weighted by molar-refractivity contribution is 0.146. The first-order chi connectivity index (χ1) is 9.71. The standard InChI is InChI=1S/C14H28N4O2.HI/c1-4-6-9-16-13(15-3)17-10-12(11-7-8-11)18-14(19)20-5-2;/h11-12H,4-10H2,1-3H3,(H,18,19)(H2,15,16,17);1H. The SMILES string of the molecule is CCCCNC(=NC)NCC(NC(=O)OCC)C1CC1.I. The average molecular weight is 412 g/mol. The number of aliphatic imine (C=N–C) groups is 1. The number of guanidine groups is 1. The van der Waals surface area contributed by atoms with Crippen LogP contribution in [0.2, 0.25) is 0 Å². The van der Waals surface area contributed by atoms with E-state index in [2.05, 4.69) is 27.9 Å². The second-order valence-corrected chi connectivity index (χ2v) is 5.04. The summed E-state index contributed by atoms with van der Waals surface area (Å²) in [5.41, 5.74) is 0. The summed E-state index contributed by atoms with van der Waals surface area (Å²) in [5, 5.41) is 9.44. The summed E-state index contributed by atoms with van der Waals surface area (Å²) in [6.45, 7) is 5.95. The molecule has 6 nitrogen and oxygen atoms in total. The molecular formula is C14H29IN4O2. The van der Waals surface area contributed by atoms with Gasteiger partial charge < -0.3 is 20.7 Å². The molecule has 0 radical (unpaired) electrons. The number of hydrogen-bond acceptors (Lipinski definition) is 3. The Labute approximate surface area is 144 Å². The average Bonchev–Trinajstić information content (AvgIpc) is 3.26. The number of rotatable bonds is 8. The molecule has 0 aromatic rings. The van der Waals surface area contributed by atoms with Crippen molar-refractivity contribution in [2.75, 3.05) is 26.7 Å². The van der Waals surface area contributed by atoms with Crippen LogP contribution in [-0.2, 0) is 4.74 Å². The molecule has 21 heavy (non-hydrogen) atoms. The lowest BCUT2D eigenvalue weighted by Crippen LogP contribution is -2.48. The number of hydrogen-bond donors (Lipinski definition) is 3.